The summed E-state index contributed by atoms with van der Waals surface area (Å²) in [5, 5.41) is 3.74. The maximum atomic E-state index is 12.2. The van der Waals surface area contributed by atoms with E-state index in [2.05, 4.69) is 36.5 Å². The third-order valence-electron chi connectivity index (χ3n) is 6.03. The van der Waals surface area contributed by atoms with E-state index in [1.807, 2.05) is 6.92 Å². The molecule has 2 aliphatic heterocycles. The zero-order valence-corrected chi connectivity index (χ0v) is 12.8. The lowest BCUT2D eigenvalue weighted by Gasteiger charge is -2.60. The molecule has 0 aromatic heterocycles. The highest BCUT2D eigenvalue weighted by molar-refractivity contribution is 5.74. The van der Waals surface area contributed by atoms with Crippen LogP contribution in [0.5, 0.6) is 0 Å². The Morgan fingerprint density at radius 2 is 2.19 bits per heavy atom. The molecule has 2 aliphatic carbocycles. The number of esters is 1. The van der Waals surface area contributed by atoms with Crippen LogP contribution in [0.15, 0.2) is 24.3 Å². The number of ether oxygens (including phenoxy) is 1. The predicted molar refractivity (Wildman–Crippen MR) is 81.1 cm³/mol. The van der Waals surface area contributed by atoms with E-state index in [9.17, 15) is 4.79 Å². The molecule has 2 saturated heterocycles. The number of rotatable bonds is 2. The van der Waals surface area contributed by atoms with E-state index < -0.39 is 0 Å². The van der Waals surface area contributed by atoms with Gasteiger partial charge in [-0.2, -0.15) is 0 Å². The summed E-state index contributed by atoms with van der Waals surface area (Å²) in [4.78, 5) is 12.2. The minimum absolute atomic E-state index is 0.00522. The summed E-state index contributed by atoms with van der Waals surface area (Å²) in [6.45, 7) is 4.77. The largest absolute Gasteiger partial charge is 0.466 e. The van der Waals surface area contributed by atoms with Crippen molar-refractivity contribution in [1.82, 2.24) is 5.32 Å². The Bertz CT molecular complexity index is 584. The van der Waals surface area contributed by atoms with Gasteiger partial charge >= 0.3 is 5.97 Å². The van der Waals surface area contributed by atoms with Crippen LogP contribution in [0.1, 0.15) is 37.8 Å². The van der Waals surface area contributed by atoms with Gasteiger partial charge in [-0.1, -0.05) is 31.2 Å². The summed E-state index contributed by atoms with van der Waals surface area (Å²) in [7, 11) is 0. The normalized spacial score (nSPS) is 39.7. The summed E-state index contributed by atoms with van der Waals surface area (Å²) in [6, 6.07) is 9.66. The second-order valence-electron chi connectivity index (χ2n) is 7.06. The van der Waals surface area contributed by atoms with Crippen LogP contribution in [-0.4, -0.2) is 24.7 Å². The lowest BCUT2D eigenvalue weighted by Crippen LogP contribution is -2.68. The van der Waals surface area contributed by atoms with Gasteiger partial charge in [0.15, 0.2) is 0 Å². The van der Waals surface area contributed by atoms with Gasteiger partial charge in [-0.3, -0.25) is 4.79 Å². The first-order valence-electron chi connectivity index (χ1n) is 8.14. The first kappa shape index (κ1) is 13.3. The van der Waals surface area contributed by atoms with Crippen LogP contribution < -0.4 is 5.32 Å². The third-order valence-corrected chi connectivity index (χ3v) is 6.03. The zero-order chi connectivity index (χ0) is 14.6. The van der Waals surface area contributed by atoms with Crippen molar-refractivity contribution in [3.8, 4) is 0 Å². The second kappa shape index (κ2) is 4.57. The van der Waals surface area contributed by atoms with Crippen molar-refractivity contribution in [3.63, 3.8) is 0 Å². The third kappa shape index (κ3) is 1.80. The highest BCUT2D eigenvalue weighted by atomic mass is 16.5. The van der Waals surface area contributed by atoms with Crippen LogP contribution in [0.3, 0.4) is 0 Å². The van der Waals surface area contributed by atoms with E-state index in [-0.39, 0.29) is 23.3 Å². The molecule has 0 radical (unpaired) electrons. The van der Waals surface area contributed by atoms with Crippen molar-refractivity contribution in [2.24, 2.45) is 11.8 Å². The Hall–Kier alpha value is -1.35. The van der Waals surface area contributed by atoms with Crippen LogP contribution in [-0.2, 0) is 21.4 Å². The van der Waals surface area contributed by atoms with Gasteiger partial charge in [0.05, 0.1) is 12.5 Å². The Labute approximate surface area is 126 Å². The fraction of sp³-hybridized carbons (Fsp3) is 0.611. The highest BCUT2D eigenvalue weighted by Gasteiger charge is 2.57. The molecule has 4 unspecified atom stereocenters. The van der Waals surface area contributed by atoms with Gasteiger partial charge in [0, 0.05) is 12.1 Å². The highest BCUT2D eigenvalue weighted by Crippen LogP contribution is 2.54. The van der Waals surface area contributed by atoms with Gasteiger partial charge in [0.1, 0.15) is 0 Å². The summed E-state index contributed by atoms with van der Waals surface area (Å²) >= 11 is 0. The van der Waals surface area contributed by atoms with Crippen molar-refractivity contribution in [3.05, 3.63) is 35.4 Å². The topological polar surface area (TPSA) is 38.3 Å². The summed E-state index contributed by atoms with van der Waals surface area (Å²) in [6.07, 6.45) is 3.13. The Morgan fingerprint density at radius 1 is 1.38 bits per heavy atom. The van der Waals surface area contributed by atoms with Gasteiger partial charge in [0.25, 0.3) is 0 Å². The first-order valence-corrected chi connectivity index (χ1v) is 8.14. The standard InChI is InChI=1S/C18H23NO2/c1-3-21-17(20)12-9-14-15-8-11-6-4-5-7-13(11)18(14,2)10-16(12)19-15/h4-7,12,14-16,19H,3,8-10H2,1-2H3/t12?,14?,15?,16?,18-/m1/s1. The van der Waals surface area contributed by atoms with Crippen molar-refractivity contribution in [1.29, 1.82) is 0 Å². The number of benzene rings is 1. The van der Waals surface area contributed by atoms with Gasteiger partial charge < -0.3 is 10.1 Å². The number of carbonyl (C=O) groups excluding carboxylic acids is 1. The smallest absolute Gasteiger partial charge is 0.310 e. The molecule has 4 bridgehead atoms. The molecule has 0 amide bonds. The number of hydrogen-bond acceptors (Lipinski definition) is 3. The quantitative estimate of drug-likeness (QED) is 0.848. The Balaban J connectivity index is 1.69. The van der Waals surface area contributed by atoms with E-state index >= 15 is 0 Å². The van der Waals surface area contributed by atoms with E-state index in [0.717, 1.165) is 19.3 Å². The first-order chi connectivity index (χ1) is 10.1. The molecule has 112 valence electrons. The maximum Gasteiger partial charge on any atom is 0.310 e. The molecule has 1 aromatic carbocycles. The molecule has 5 atom stereocenters. The lowest BCUT2D eigenvalue weighted by atomic mass is 9.50. The van der Waals surface area contributed by atoms with Crippen molar-refractivity contribution < 1.29 is 9.53 Å². The van der Waals surface area contributed by atoms with Crippen molar-refractivity contribution in [2.75, 3.05) is 6.61 Å². The van der Waals surface area contributed by atoms with E-state index in [1.165, 1.54) is 11.1 Å². The Kier molecular flexibility index (Phi) is 2.90. The molecule has 1 N–H and O–H groups in total. The summed E-state index contributed by atoms with van der Waals surface area (Å²) in [5.74, 6) is 0.589. The summed E-state index contributed by atoms with van der Waals surface area (Å²) in [5.41, 5.74) is 3.22. The van der Waals surface area contributed by atoms with Gasteiger partial charge in [0.2, 0.25) is 0 Å². The molecule has 21 heavy (non-hydrogen) atoms. The van der Waals surface area contributed by atoms with Crippen molar-refractivity contribution >= 4 is 5.97 Å². The Morgan fingerprint density at radius 3 is 2.95 bits per heavy atom. The molecule has 2 heterocycles. The van der Waals surface area contributed by atoms with Crippen molar-refractivity contribution in [2.45, 2.75) is 50.6 Å². The van der Waals surface area contributed by atoms with Crippen LogP contribution >= 0.6 is 0 Å². The van der Waals surface area contributed by atoms with Crippen LogP contribution in [0.4, 0.5) is 0 Å². The number of hydrogen-bond donors (Lipinski definition) is 1. The van der Waals surface area contributed by atoms with E-state index in [1.54, 1.807) is 0 Å². The van der Waals surface area contributed by atoms with Gasteiger partial charge in [-0.15, -0.1) is 0 Å². The molecular weight excluding hydrogens is 262 g/mol. The number of carbonyl (C=O) groups is 1. The fourth-order valence-electron chi connectivity index (χ4n) is 5.14. The average Bonchev–Trinajstić information content (AvgIpc) is 2.47. The number of nitrogens with one attached hydrogen (secondary N) is 1. The summed E-state index contributed by atoms with van der Waals surface area (Å²) < 4.78 is 5.28. The zero-order valence-electron chi connectivity index (χ0n) is 12.8. The molecule has 5 rings (SSSR count). The fourth-order valence-corrected chi connectivity index (χ4v) is 5.14. The van der Waals surface area contributed by atoms with Gasteiger partial charge in [-0.05, 0) is 48.6 Å². The molecule has 4 aliphatic rings. The molecule has 3 fully saturated rings. The molecule has 1 aromatic rings. The molecular formula is C18H23NO2. The van der Waals surface area contributed by atoms with Crippen LogP contribution in [0, 0.1) is 11.8 Å². The monoisotopic (exact) mass is 285 g/mol. The second-order valence-corrected chi connectivity index (χ2v) is 7.06. The molecule has 0 spiro atoms. The maximum absolute atomic E-state index is 12.2. The predicted octanol–water partition coefficient (Wildman–Crippen LogP) is 2.43. The van der Waals surface area contributed by atoms with Crippen LogP contribution in [0.25, 0.3) is 0 Å². The number of fused-ring (bicyclic) bond motifs is 2. The lowest BCUT2D eigenvalue weighted by molar-refractivity contribution is -0.155. The minimum Gasteiger partial charge on any atom is -0.466 e. The molecule has 3 nitrogen and oxygen atoms in total. The molecule has 1 saturated carbocycles. The van der Waals surface area contributed by atoms with E-state index in [0.29, 0.717) is 18.6 Å². The average molecular weight is 285 g/mol. The number of piperidine rings is 2. The molecule has 3 heteroatoms. The van der Waals surface area contributed by atoms with Gasteiger partial charge in [-0.25, -0.2) is 0 Å². The van der Waals surface area contributed by atoms with E-state index in [4.69, 9.17) is 4.74 Å². The SMILES string of the molecule is CCOC(=O)C1CC2C3Cc4ccccc4[C@@]2(C)CC1N3. The minimum atomic E-state index is -0.00522. The van der Waals surface area contributed by atoms with Crippen LogP contribution in [0.2, 0.25) is 0 Å².